The Hall–Kier alpha value is -7.12. The molecular weight excluding hydrogens is 1140 g/mol. The molecule has 6 aromatic rings. The third kappa shape index (κ3) is 12.3. The van der Waals surface area contributed by atoms with Gasteiger partial charge in [0.15, 0.2) is 11.6 Å². The van der Waals surface area contributed by atoms with Crippen LogP contribution in [0.3, 0.4) is 0 Å². The number of ether oxygens (including phenoxy) is 4. The van der Waals surface area contributed by atoms with E-state index in [1.54, 1.807) is 13.2 Å². The second-order valence-corrected chi connectivity index (χ2v) is 27.3. The van der Waals surface area contributed by atoms with E-state index in [1.807, 2.05) is 43.6 Å². The summed E-state index contributed by atoms with van der Waals surface area (Å²) in [7, 11) is -2.92. The first-order chi connectivity index (χ1) is 42.6. The number of morpholine rings is 1. The Morgan fingerprint density at radius 2 is 1.68 bits per heavy atom. The van der Waals surface area contributed by atoms with E-state index in [2.05, 4.69) is 88.6 Å². The topological polar surface area (TPSA) is 237 Å². The monoisotopic (exact) mass is 1220 g/mol. The van der Waals surface area contributed by atoms with Crippen molar-refractivity contribution in [2.45, 2.75) is 119 Å². The second-order valence-electron chi connectivity index (χ2n) is 25.6. The van der Waals surface area contributed by atoms with Crippen LogP contribution in [0, 0.1) is 16.0 Å². The number of piperazine rings is 1. The van der Waals surface area contributed by atoms with Gasteiger partial charge in [0, 0.05) is 126 Å². The number of nitrogens with one attached hydrogen (secondary N) is 3. The standard InChI is InChI=1S/C65H82N12O10S/c1-42(2)50-7-5-6-8-51(50)58-40-71(37-44-31-59(84-4)62(68-36-44)73-26-29-85-30-27-73)24-25-75(58)48-38-74(39-48)46-16-22-72(23-17-46)47-9-11-52(55(33-47)76-54-18-28-86-41-60(54)87-64-57(76)32-45-15-21-66-61(45)69-64)63(78)70-88(82,83)49-10-12-53(56(34-49)77(80)81)67-35-43-13-19-65(3,79)20-14-43/h5-12,15,21,31-34,36,42-43,46,48,54,58,60,67,79H,13-14,16-20,22-30,35,37-41H2,1-4H3,(H,66,69)(H,70,78)/t43?,54-,58-,60-,65?/m0/s1. The van der Waals surface area contributed by atoms with Gasteiger partial charge >= 0.3 is 0 Å². The number of aromatic amines is 1. The summed E-state index contributed by atoms with van der Waals surface area (Å²) in [5.74, 6) is 1.72. The molecule has 3 atom stereocenters. The molecule has 5 saturated heterocycles. The molecule has 88 heavy (non-hydrogen) atoms. The Labute approximate surface area is 514 Å². The number of aliphatic hydroxyl groups is 1. The molecule has 4 N–H and O–H groups in total. The lowest BCUT2D eigenvalue weighted by atomic mass is 9.80. The number of aromatic nitrogens is 3. The summed E-state index contributed by atoms with van der Waals surface area (Å²) in [6.07, 6.45) is 8.59. The van der Waals surface area contributed by atoms with Gasteiger partial charge in [-0.15, -0.1) is 0 Å². The van der Waals surface area contributed by atoms with Crippen molar-refractivity contribution in [2.24, 2.45) is 5.92 Å². The molecule has 7 aliphatic rings. The van der Waals surface area contributed by atoms with Crippen LogP contribution in [0.1, 0.15) is 105 Å². The molecule has 6 aliphatic heterocycles. The van der Waals surface area contributed by atoms with Crippen LogP contribution < -0.4 is 34.2 Å². The Morgan fingerprint density at radius 1 is 0.886 bits per heavy atom. The predicted molar refractivity (Wildman–Crippen MR) is 337 cm³/mol. The first-order valence-electron chi connectivity index (χ1n) is 31.5. The maximum absolute atomic E-state index is 14.9. The third-order valence-electron chi connectivity index (χ3n) is 19.6. The molecule has 0 unspecified atom stereocenters. The Morgan fingerprint density at radius 3 is 2.45 bits per heavy atom. The number of carbonyl (C=O) groups is 1. The third-order valence-corrected chi connectivity index (χ3v) is 20.9. The molecule has 468 valence electrons. The number of piperidine rings is 1. The molecule has 6 fully saturated rings. The number of sulfonamides is 1. The van der Waals surface area contributed by atoms with E-state index < -0.39 is 43.1 Å². The molecule has 3 aromatic carbocycles. The molecule has 1 saturated carbocycles. The number of rotatable bonds is 17. The summed E-state index contributed by atoms with van der Waals surface area (Å²) in [4.78, 5) is 54.0. The highest BCUT2D eigenvalue weighted by atomic mass is 32.2. The zero-order valence-electron chi connectivity index (χ0n) is 50.8. The number of hydrogen-bond donors (Lipinski definition) is 4. The van der Waals surface area contributed by atoms with Crippen molar-refractivity contribution in [2.75, 3.05) is 119 Å². The fourth-order valence-corrected chi connectivity index (χ4v) is 15.5. The van der Waals surface area contributed by atoms with E-state index in [4.69, 9.17) is 28.9 Å². The maximum Gasteiger partial charge on any atom is 0.293 e. The van der Waals surface area contributed by atoms with Gasteiger partial charge in [-0.05, 0) is 129 Å². The Kier molecular flexibility index (Phi) is 17.0. The number of methoxy groups -OCH3 is 1. The largest absolute Gasteiger partial charge is 0.493 e. The average Bonchev–Trinajstić information content (AvgIpc) is 1.57. The van der Waals surface area contributed by atoms with Crippen molar-refractivity contribution >= 4 is 61.2 Å². The SMILES string of the molecule is COc1cc(CN2CCN(C3CN(C4CCN(c5ccc(C(=O)NS(=O)(=O)c6ccc(NCC7CCC(C)(O)CC7)c([N+](=O)[O-])c6)c(N6c7cc8cc[nH]c8nc7O[C@H]7COCC[C@@H]76)c5)CC4)C3)[C@H](c3ccccc3C(C)C)C2)cnc1N1CCOCC1. The van der Waals surface area contributed by atoms with E-state index >= 15 is 0 Å². The number of nitro groups is 1. The first kappa shape index (κ1) is 59.8. The van der Waals surface area contributed by atoms with Crippen molar-refractivity contribution in [1.29, 1.82) is 0 Å². The number of likely N-dealkylation sites (tertiary alicyclic amines) is 1. The molecule has 0 radical (unpaired) electrons. The lowest BCUT2D eigenvalue weighted by Gasteiger charge is -2.55. The van der Waals surface area contributed by atoms with Crippen LogP contribution in [0.15, 0.2) is 96.2 Å². The number of amides is 1. The quantitative estimate of drug-likeness (QED) is 0.0497. The van der Waals surface area contributed by atoms with Gasteiger partial charge in [-0.3, -0.25) is 29.6 Å². The highest BCUT2D eigenvalue weighted by Gasteiger charge is 2.45. The van der Waals surface area contributed by atoms with E-state index in [1.165, 1.54) is 23.3 Å². The number of carbonyl (C=O) groups excluding carboxylic acids is 1. The molecule has 3 aromatic heterocycles. The number of nitrogens with zero attached hydrogens (tertiary/aromatic N) is 9. The van der Waals surface area contributed by atoms with E-state index in [0.29, 0.717) is 93.1 Å². The fourth-order valence-electron chi connectivity index (χ4n) is 14.6. The molecule has 9 heterocycles. The minimum atomic E-state index is -4.65. The van der Waals surface area contributed by atoms with Crippen LogP contribution in [0.4, 0.5) is 34.3 Å². The lowest BCUT2D eigenvalue weighted by molar-refractivity contribution is -0.384. The number of pyridine rings is 2. The smallest absolute Gasteiger partial charge is 0.293 e. The number of anilines is 5. The number of H-pyrrole nitrogens is 1. The summed E-state index contributed by atoms with van der Waals surface area (Å²) < 4.78 is 54.9. The second kappa shape index (κ2) is 25.0. The van der Waals surface area contributed by atoms with Gasteiger partial charge in [0.05, 0.1) is 59.6 Å². The molecule has 0 bridgehead atoms. The van der Waals surface area contributed by atoms with Crippen molar-refractivity contribution in [3.8, 4) is 11.6 Å². The molecular formula is C65H82N12O10S. The maximum atomic E-state index is 14.9. The van der Waals surface area contributed by atoms with Crippen molar-refractivity contribution < 1.29 is 42.2 Å². The van der Waals surface area contributed by atoms with Gasteiger partial charge in [-0.25, -0.2) is 18.1 Å². The number of benzene rings is 3. The Balaban J connectivity index is 0.722. The number of fused-ring (bicyclic) bond motifs is 3. The van der Waals surface area contributed by atoms with Gasteiger partial charge in [-0.1, -0.05) is 38.1 Å². The van der Waals surface area contributed by atoms with Crippen molar-refractivity contribution in [1.82, 2.24) is 34.4 Å². The minimum absolute atomic E-state index is 0.103. The summed E-state index contributed by atoms with van der Waals surface area (Å²) in [5, 5.41) is 26.9. The first-order valence-corrected chi connectivity index (χ1v) is 32.9. The van der Waals surface area contributed by atoms with E-state index in [9.17, 15) is 28.4 Å². The van der Waals surface area contributed by atoms with Crippen LogP contribution in [0.25, 0.3) is 11.0 Å². The zero-order valence-corrected chi connectivity index (χ0v) is 51.6. The van der Waals surface area contributed by atoms with Crippen LogP contribution >= 0.6 is 0 Å². The van der Waals surface area contributed by atoms with Gasteiger partial charge in [-0.2, -0.15) is 4.98 Å². The molecule has 1 aliphatic carbocycles. The van der Waals surface area contributed by atoms with Crippen molar-refractivity contribution in [3.05, 3.63) is 124 Å². The number of nitro benzene ring substituents is 1. The molecule has 1 amide bonds. The van der Waals surface area contributed by atoms with E-state index in [-0.39, 0.29) is 29.3 Å². The minimum Gasteiger partial charge on any atom is -0.493 e. The highest BCUT2D eigenvalue weighted by molar-refractivity contribution is 7.90. The van der Waals surface area contributed by atoms with Gasteiger partial charge in [0.1, 0.15) is 23.1 Å². The predicted octanol–water partition coefficient (Wildman–Crippen LogP) is 8.21. The van der Waals surface area contributed by atoms with Crippen LogP contribution in [-0.2, 0) is 26.0 Å². The van der Waals surface area contributed by atoms with Gasteiger partial charge < -0.3 is 49.1 Å². The number of hydrogen-bond acceptors (Lipinski definition) is 19. The fraction of sp³-hybridized carbons (Fsp3) is 0.523. The lowest BCUT2D eigenvalue weighted by Crippen LogP contribution is -2.66. The zero-order chi connectivity index (χ0) is 60.8. The molecule has 23 heteroatoms. The normalized spacial score (nSPS) is 24.4. The molecule has 22 nitrogen and oxygen atoms in total. The van der Waals surface area contributed by atoms with E-state index in [0.717, 1.165) is 125 Å². The van der Waals surface area contributed by atoms with Crippen LogP contribution in [-0.4, -0.2) is 183 Å². The summed E-state index contributed by atoms with van der Waals surface area (Å²) >= 11 is 0. The van der Waals surface area contributed by atoms with Gasteiger partial charge in [0.2, 0.25) is 5.88 Å². The summed E-state index contributed by atoms with van der Waals surface area (Å²) in [5.41, 5.74) is 5.72. The van der Waals surface area contributed by atoms with Gasteiger partial charge in [0.25, 0.3) is 21.6 Å². The van der Waals surface area contributed by atoms with Crippen LogP contribution in [0.5, 0.6) is 11.6 Å². The Bertz CT molecular complexity index is 3630. The summed E-state index contributed by atoms with van der Waals surface area (Å²) in [6, 6.07) is 25.0. The van der Waals surface area contributed by atoms with Crippen LogP contribution in [0.2, 0.25) is 0 Å². The summed E-state index contributed by atoms with van der Waals surface area (Å²) in [6.45, 7) is 17.7. The average molecular weight is 1220 g/mol. The molecule has 0 spiro atoms. The highest BCUT2D eigenvalue weighted by Crippen LogP contribution is 2.47. The molecule has 13 rings (SSSR count). The van der Waals surface area contributed by atoms with Crippen molar-refractivity contribution in [3.63, 3.8) is 0 Å².